The average molecular weight is 456 g/mol. The molecule has 172 valence electrons. The molecule has 0 bridgehead atoms. The molecule has 2 aromatic rings. The van der Waals surface area contributed by atoms with Gasteiger partial charge in [0, 0.05) is 6.54 Å². The molecule has 1 unspecified atom stereocenters. The number of hydrogen-bond donors (Lipinski definition) is 1. The fourth-order valence-corrected chi connectivity index (χ4v) is 3.85. The first-order chi connectivity index (χ1) is 15.1. The van der Waals surface area contributed by atoms with Crippen LogP contribution in [0.1, 0.15) is 53.7 Å². The zero-order valence-electron chi connectivity index (χ0n) is 18.5. The molecule has 6 nitrogen and oxygen atoms in total. The monoisotopic (exact) mass is 456 g/mol. The molecule has 33 heavy (non-hydrogen) atoms. The number of nitrogens with one attached hydrogen (secondary N) is 1. The summed E-state index contributed by atoms with van der Waals surface area (Å²) in [5, 5.41) is 13.8. The van der Waals surface area contributed by atoms with E-state index in [1.54, 1.807) is 25.1 Å². The van der Waals surface area contributed by atoms with E-state index in [0.717, 1.165) is 18.4 Å². The first-order valence-corrected chi connectivity index (χ1v) is 10.3. The van der Waals surface area contributed by atoms with Crippen LogP contribution >= 0.6 is 0 Å². The largest absolute Gasteiger partial charge is 1.00 e. The van der Waals surface area contributed by atoms with Gasteiger partial charge in [-0.15, -0.1) is 13.2 Å². The van der Waals surface area contributed by atoms with Crippen LogP contribution in [0.4, 0.5) is 13.2 Å². The van der Waals surface area contributed by atoms with E-state index >= 15 is 0 Å². The number of alkyl halides is 3. The number of amides is 1. The van der Waals surface area contributed by atoms with E-state index in [1.807, 2.05) is 4.90 Å². The van der Waals surface area contributed by atoms with E-state index in [9.17, 15) is 27.9 Å². The first kappa shape index (κ1) is 26.8. The van der Waals surface area contributed by atoms with Gasteiger partial charge in [0.1, 0.15) is 5.75 Å². The number of piperidine rings is 1. The maximum atomic E-state index is 13.0. The summed E-state index contributed by atoms with van der Waals surface area (Å²) in [6.45, 7) is 2.77. The summed E-state index contributed by atoms with van der Waals surface area (Å²) in [4.78, 5) is 25.8. The molecule has 0 radical (unpaired) electrons. The molecule has 0 saturated carbocycles. The number of carbonyl (C=O) groups is 2. The Labute approximate surface area is 202 Å². The number of aromatic carboxylic acids is 1. The van der Waals surface area contributed by atoms with E-state index < -0.39 is 18.4 Å². The smallest absolute Gasteiger partial charge is 0.545 e. The molecular formula is C23H24F3LiN2O4. The van der Waals surface area contributed by atoms with Crippen LogP contribution in [0.2, 0.25) is 0 Å². The number of ether oxygens (including phenoxy) is 1. The molecule has 1 aliphatic heterocycles. The van der Waals surface area contributed by atoms with Gasteiger partial charge in [0.2, 0.25) is 5.91 Å². The SMILES string of the molecule is C[C@H](NC(=O)C1CCCCN1Cc1cccc(OC(F)(F)F)c1)c1ccc(C(=O)[O-])cc1.[Li+]. The van der Waals surface area contributed by atoms with Crippen LogP contribution in [0.15, 0.2) is 48.5 Å². The van der Waals surface area contributed by atoms with Gasteiger partial charge in [-0.2, -0.15) is 0 Å². The Hall–Kier alpha value is -2.47. The van der Waals surface area contributed by atoms with E-state index in [0.29, 0.717) is 25.1 Å². The minimum Gasteiger partial charge on any atom is -0.545 e. The van der Waals surface area contributed by atoms with Crippen molar-refractivity contribution >= 4 is 11.9 Å². The van der Waals surface area contributed by atoms with Crippen LogP contribution in [-0.2, 0) is 11.3 Å². The van der Waals surface area contributed by atoms with Crippen molar-refractivity contribution < 1.29 is 51.5 Å². The van der Waals surface area contributed by atoms with E-state index in [2.05, 4.69) is 10.1 Å². The number of carboxylic acid groups (broad SMARTS) is 1. The molecule has 1 amide bonds. The fourth-order valence-electron chi connectivity index (χ4n) is 3.85. The Morgan fingerprint density at radius 1 is 1.18 bits per heavy atom. The Morgan fingerprint density at radius 2 is 1.88 bits per heavy atom. The minimum absolute atomic E-state index is 0. The van der Waals surface area contributed by atoms with Gasteiger partial charge in [-0.1, -0.05) is 42.8 Å². The second-order valence-electron chi connectivity index (χ2n) is 7.82. The Balaban J connectivity index is 0.00000385. The number of hydrogen-bond acceptors (Lipinski definition) is 5. The number of nitrogens with zero attached hydrogens (tertiary/aromatic N) is 1. The number of likely N-dealkylation sites (tertiary alicyclic amines) is 1. The zero-order chi connectivity index (χ0) is 23.3. The van der Waals surface area contributed by atoms with Gasteiger partial charge in [0.05, 0.1) is 18.1 Å². The summed E-state index contributed by atoms with van der Waals surface area (Å²) in [6.07, 6.45) is -2.36. The van der Waals surface area contributed by atoms with Crippen LogP contribution in [0.25, 0.3) is 0 Å². The summed E-state index contributed by atoms with van der Waals surface area (Å²) in [5.41, 5.74) is 1.43. The molecule has 0 spiro atoms. The van der Waals surface area contributed by atoms with Crippen LogP contribution in [0.5, 0.6) is 5.75 Å². The Kier molecular flexibility index (Phi) is 9.41. The standard InChI is InChI=1S/C23H25F3N2O4.Li/c1-15(17-8-10-18(11-9-17)22(30)31)27-21(29)20-7-2-3-12-28(20)14-16-5-4-6-19(13-16)32-23(24,25)26;/h4-6,8-11,13,15,20H,2-3,7,12,14H2,1H3,(H,27,29)(H,30,31);/q;+1/p-1/t15-,20?;/m0./s1. The molecule has 1 aliphatic rings. The fraction of sp³-hybridized carbons (Fsp3) is 0.391. The normalized spacial score (nSPS) is 17.5. The van der Waals surface area contributed by atoms with Crippen molar-refractivity contribution in [3.05, 3.63) is 65.2 Å². The molecule has 3 rings (SSSR count). The van der Waals surface area contributed by atoms with Gasteiger partial charge < -0.3 is 20.0 Å². The summed E-state index contributed by atoms with van der Waals surface area (Å²) in [7, 11) is 0. The van der Waals surface area contributed by atoms with Crippen molar-refractivity contribution in [3.63, 3.8) is 0 Å². The topological polar surface area (TPSA) is 81.7 Å². The second-order valence-corrected chi connectivity index (χ2v) is 7.82. The molecule has 1 N–H and O–H groups in total. The quantitative estimate of drug-likeness (QED) is 0.602. The molecule has 1 saturated heterocycles. The van der Waals surface area contributed by atoms with Gasteiger partial charge in [-0.3, -0.25) is 9.69 Å². The van der Waals surface area contributed by atoms with Crippen LogP contribution in [0, 0.1) is 0 Å². The predicted molar refractivity (Wildman–Crippen MR) is 109 cm³/mol. The molecule has 1 heterocycles. The van der Waals surface area contributed by atoms with Gasteiger partial charge in [-0.25, -0.2) is 0 Å². The van der Waals surface area contributed by atoms with Crippen molar-refractivity contribution in [1.82, 2.24) is 10.2 Å². The number of halogens is 3. The third-order valence-electron chi connectivity index (χ3n) is 5.44. The van der Waals surface area contributed by atoms with Gasteiger partial charge in [0.25, 0.3) is 0 Å². The Morgan fingerprint density at radius 3 is 2.52 bits per heavy atom. The van der Waals surface area contributed by atoms with Crippen molar-refractivity contribution in [3.8, 4) is 5.75 Å². The second kappa shape index (κ2) is 11.6. The first-order valence-electron chi connectivity index (χ1n) is 10.3. The molecular weight excluding hydrogens is 432 g/mol. The van der Waals surface area contributed by atoms with Gasteiger partial charge in [0.15, 0.2) is 0 Å². The average Bonchev–Trinajstić information content (AvgIpc) is 2.73. The van der Waals surface area contributed by atoms with Crippen molar-refractivity contribution in [2.24, 2.45) is 0 Å². The van der Waals surface area contributed by atoms with E-state index in [1.165, 1.54) is 30.3 Å². The third kappa shape index (κ3) is 7.81. The molecule has 10 heteroatoms. The molecule has 1 fully saturated rings. The van der Waals surface area contributed by atoms with Crippen molar-refractivity contribution in [2.45, 2.75) is 51.2 Å². The van der Waals surface area contributed by atoms with Gasteiger partial charge >= 0.3 is 25.2 Å². The summed E-state index contributed by atoms with van der Waals surface area (Å²) in [5.74, 6) is -1.73. The van der Waals surface area contributed by atoms with E-state index in [-0.39, 0.29) is 42.1 Å². The molecule has 2 atom stereocenters. The third-order valence-corrected chi connectivity index (χ3v) is 5.44. The van der Waals surface area contributed by atoms with Crippen LogP contribution < -0.4 is 34.0 Å². The summed E-state index contributed by atoms with van der Waals surface area (Å²) < 4.78 is 41.5. The van der Waals surface area contributed by atoms with Crippen LogP contribution in [0.3, 0.4) is 0 Å². The minimum atomic E-state index is -4.76. The number of benzene rings is 2. The Bertz CT molecular complexity index is 953. The molecule has 2 aromatic carbocycles. The molecule has 0 aliphatic carbocycles. The maximum absolute atomic E-state index is 13.0. The van der Waals surface area contributed by atoms with E-state index in [4.69, 9.17) is 0 Å². The van der Waals surface area contributed by atoms with Crippen molar-refractivity contribution in [2.75, 3.05) is 6.54 Å². The number of rotatable bonds is 7. The summed E-state index contributed by atoms with van der Waals surface area (Å²) in [6, 6.07) is 11.1. The molecule has 0 aromatic heterocycles. The zero-order valence-corrected chi connectivity index (χ0v) is 18.5. The van der Waals surface area contributed by atoms with Crippen LogP contribution in [-0.4, -0.2) is 35.7 Å². The number of carboxylic acids is 1. The number of carbonyl (C=O) groups excluding carboxylic acids is 2. The predicted octanol–water partition coefficient (Wildman–Crippen LogP) is 0.185. The van der Waals surface area contributed by atoms with Gasteiger partial charge in [-0.05, 0) is 55.1 Å². The maximum Gasteiger partial charge on any atom is 1.00 e. The van der Waals surface area contributed by atoms with Crippen molar-refractivity contribution in [1.29, 1.82) is 0 Å². The summed E-state index contributed by atoms with van der Waals surface area (Å²) >= 11 is 0.